The SMILES string of the molecule is CCCC[C@@H]1CN=C(C)[C@]2(C#N)C=C(C#N)C(C#N)=C[C@]12C#N. The van der Waals surface area contributed by atoms with Gasteiger partial charge in [-0.05, 0) is 25.5 Å². The van der Waals surface area contributed by atoms with Gasteiger partial charge in [-0.25, -0.2) is 0 Å². The summed E-state index contributed by atoms with van der Waals surface area (Å²) in [5.41, 5.74) is -1.56. The molecule has 0 amide bonds. The first-order valence-corrected chi connectivity index (χ1v) is 7.65. The summed E-state index contributed by atoms with van der Waals surface area (Å²) in [6, 6.07) is 8.54. The Labute approximate surface area is 136 Å². The molecule has 23 heavy (non-hydrogen) atoms. The average Bonchev–Trinajstić information content (AvgIpc) is 2.59. The van der Waals surface area contributed by atoms with E-state index in [0.29, 0.717) is 12.3 Å². The Morgan fingerprint density at radius 1 is 1.13 bits per heavy atom. The molecule has 0 spiro atoms. The van der Waals surface area contributed by atoms with Gasteiger partial charge < -0.3 is 0 Å². The zero-order valence-corrected chi connectivity index (χ0v) is 13.3. The van der Waals surface area contributed by atoms with Gasteiger partial charge in [0.2, 0.25) is 0 Å². The first-order chi connectivity index (χ1) is 11.0. The van der Waals surface area contributed by atoms with Gasteiger partial charge in [0, 0.05) is 18.2 Å². The normalized spacial score (nSPS) is 31.9. The van der Waals surface area contributed by atoms with E-state index in [2.05, 4.69) is 24.1 Å². The molecular weight excluding hydrogens is 286 g/mol. The molecule has 2 rings (SSSR count). The van der Waals surface area contributed by atoms with Gasteiger partial charge in [0.15, 0.2) is 0 Å². The minimum Gasteiger partial charge on any atom is -0.292 e. The molecule has 0 aromatic heterocycles. The summed E-state index contributed by atoms with van der Waals surface area (Å²) in [5.74, 6) is -0.143. The van der Waals surface area contributed by atoms with E-state index in [0.717, 1.165) is 19.3 Å². The van der Waals surface area contributed by atoms with Crippen LogP contribution in [0.1, 0.15) is 33.1 Å². The summed E-state index contributed by atoms with van der Waals surface area (Å²) < 4.78 is 0. The van der Waals surface area contributed by atoms with E-state index in [-0.39, 0.29) is 17.1 Å². The van der Waals surface area contributed by atoms with Gasteiger partial charge in [-0.3, -0.25) is 4.99 Å². The highest BCUT2D eigenvalue weighted by Crippen LogP contribution is 2.55. The molecule has 2 aliphatic rings. The zero-order valence-electron chi connectivity index (χ0n) is 13.3. The molecule has 1 aliphatic carbocycles. The van der Waals surface area contributed by atoms with E-state index in [1.54, 1.807) is 13.0 Å². The van der Waals surface area contributed by atoms with E-state index in [1.807, 2.05) is 12.1 Å². The van der Waals surface area contributed by atoms with Crippen molar-refractivity contribution < 1.29 is 0 Å². The fourth-order valence-corrected chi connectivity index (χ4v) is 3.56. The van der Waals surface area contributed by atoms with Gasteiger partial charge in [0.05, 0.1) is 23.3 Å². The number of hydrogen-bond acceptors (Lipinski definition) is 5. The number of rotatable bonds is 3. The lowest BCUT2D eigenvalue weighted by atomic mass is 9.51. The molecular formula is C18H17N5. The maximum Gasteiger partial charge on any atom is 0.137 e. The fourth-order valence-electron chi connectivity index (χ4n) is 3.56. The molecule has 0 saturated heterocycles. The highest BCUT2D eigenvalue weighted by molar-refractivity contribution is 5.96. The minimum atomic E-state index is -1.27. The third-order valence-electron chi connectivity index (χ3n) is 4.95. The molecule has 5 nitrogen and oxygen atoms in total. The summed E-state index contributed by atoms with van der Waals surface area (Å²) >= 11 is 0. The Morgan fingerprint density at radius 2 is 1.78 bits per heavy atom. The van der Waals surface area contributed by atoms with E-state index in [4.69, 9.17) is 0 Å². The molecule has 0 aromatic carbocycles. The Balaban J connectivity index is 2.76. The van der Waals surface area contributed by atoms with Crippen LogP contribution in [0.5, 0.6) is 0 Å². The van der Waals surface area contributed by atoms with Crippen LogP contribution in [0, 0.1) is 62.1 Å². The summed E-state index contributed by atoms with van der Waals surface area (Å²) in [6.07, 6.45) is 5.69. The summed E-state index contributed by atoms with van der Waals surface area (Å²) in [7, 11) is 0. The Hall–Kier alpha value is -2.89. The molecule has 0 bridgehead atoms. The average molecular weight is 303 g/mol. The van der Waals surface area contributed by atoms with Crippen LogP contribution in [0.2, 0.25) is 0 Å². The lowest BCUT2D eigenvalue weighted by Crippen LogP contribution is -2.53. The van der Waals surface area contributed by atoms with E-state index >= 15 is 0 Å². The molecule has 0 aromatic rings. The van der Waals surface area contributed by atoms with Crippen LogP contribution in [-0.4, -0.2) is 12.3 Å². The van der Waals surface area contributed by atoms with Gasteiger partial charge in [-0.1, -0.05) is 19.8 Å². The lowest BCUT2D eigenvalue weighted by molar-refractivity contribution is 0.200. The second-order valence-electron chi connectivity index (χ2n) is 6.01. The first-order valence-electron chi connectivity index (χ1n) is 7.65. The molecule has 1 aliphatic heterocycles. The summed E-state index contributed by atoms with van der Waals surface area (Å²) in [5, 5.41) is 38.6. The van der Waals surface area contributed by atoms with Crippen LogP contribution in [-0.2, 0) is 0 Å². The van der Waals surface area contributed by atoms with Crippen LogP contribution < -0.4 is 0 Å². The van der Waals surface area contributed by atoms with Crippen molar-refractivity contribution >= 4 is 5.71 Å². The molecule has 3 atom stereocenters. The van der Waals surface area contributed by atoms with Gasteiger partial charge in [-0.15, -0.1) is 0 Å². The van der Waals surface area contributed by atoms with Crippen molar-refractivity contribution in [3.8, 4) is 24.3 Å². The van der Waals surface area contributed by atoms with Crippen LogP contribution in [0.15, 0.2) is 28.3 Å². The molecule has 5 heteroatoms. The van der Waals surface area contributed by atoms with Crippen LogP contribution in [0.3, 0.4) is 0 Å². The highest BCUT2D eigenvalue weighted by Gasteiger charge is 2.60. The number of aliphatic imine (C=N–C) groups is 1. The third kappa shape index (κ3) is 2.14. The monoisotopic (exact) mass is 303 g/mol. The molecule has 0 N–H and O–H groups in total. The third-order valence-corrected chi connectivity index (χ3v) is 4.95. The molecule has 114 valence electrons. The molecule has 0 radical (unpaired) electrons. The number of fused-ring (bicyclic) bond motifs is 1. The van der Waals surface area contributed by atoms with Crippen LogP contribution >= 0.6 is 0 Å². The highest BCUT2D eigenvalue weighted by atomic mass is 14.8. The quantitative estimate of drug-likeness (QED) is 0.797. The molecule has 0 unspecified atom stereocenters. The largest absolute Gasteiger partial charge is 0.292 e. The molecule has 0 fully saturated rings. The van der Waals surface area contributed by atoms with E-state index in [1.165, 1.54) is 6.08 Å². The van der Waals surface area contributed by atoms with Gasteiger partial charge in [0.25, 0.3) is 0 Å². The predicted octanol–water partition coefficient (Wildman–Crippen LogP) is 3.20. The number of hydrogen-bond donors (Lipinski definition) is 0. The Morgan fingerprint density at radius 3 is 2.30 bits per heavy atom. The first kappa shape index (κ1) is 16.5. The number of nitriles is 4. The Kier molecular flexibility index (Phi) is 4.36. The van der Waals surface area contributed by atoms with E-state index in [9.17, 15) is 21.0 Å². The number of allylic oxidation sites excluding steroid dienone is 4. The minimum absolute atomic E-state index is 0.143. The van der Waals surface area contributed by atoms with Crippen molar-refractivity contribution in [2.45, 2.75) is 33.1 Å². The summed E-state index contributed by atoms with van der Waals surface area (Å²) in [4.78, 5) is 4.48. The fraction of sp³-hybridized carbons (Fsp3) is 0.500. The maximum atomic E-state index is 10.0. The van der Waals surface area contributed by atoms with Crippen LogP contribution in [0.25, 0.3) is 0 Å². The van der Waals surface area contributed by atoms with Crippen molar-refractivity contribution in [2.24, 2.45) is 21.7 Å². The van der Waals surface area contributed by atoms with Crippen molar-refractivity contribution in [3.63, 3.8) is 0 Å². The van der Waals surface area contributed by atoms with Gasteiger partial charge in [0.1, 0.15) is 23.0 Å². The number of nitrogens with zero attached hydrogens (tertiary/aromatic N) is 5. The van der Waals surface area contributed by atoms with Gasteiger partial charge >= 0.3 is 0 Å². The van der Waals surface area contributed by atoms with E-state index < -0.39 is 10.8 Å². The molecule has 0 saturated carbocycles. The summed E-state index contributed by atoms with van der Waals surface area (Å²) in [6.45, 7) is 4.26. The maximum absolute atomic E-state index is 10.0. The Bertz CT molecular complexity index is 774. The molecule has 1 heterocycles. The topological polar surface area (TPSA) is 108 Å². The second-order valence-corrected chi connectivity index (χ2v) is 6.01. The van der Waals surface area contributed by atoms with Crippen LogP contribution in [0.4, 0.5) is 0 Å². The van der Waals surface area contributed by atoms with Crippen molar-refractivity contribution in [1.82, 2.24) is 0 Å². The second kappa shape index (κ2) is 6.08. The standard InChI is InChI=1S/C18H17N5/c1-3-4-5-16-10-23-13(2)17(11-21)6-14(8-19)15(9-20)7-18(16,17)12-22/h6-7,16H,3-5,10H2,1-2H3/t16-,17-,18+/m1/s1. The number of unbranched alkanes of at least 4 members (excludes halogenated alkanes) is 1. The smallest absolute Gasteiger partial charge is 0.137 e. The van der Waals surface area contributed by atoms with Crippen molar-refractivity contribution in [2.75, 3.05) is 6.54 Å². The lowest BCUT2D eigenvalue weighted by Gasteiger charge is -2.47. The zero-order chi connectivity index (χ0) is 17.1. The van der Waals surface area contributed by atoms with Crippen molar-refractivity contribution in [3.05, 3.63) is 23.3 Å². The van der Waals surface area contributed by atoms with Gasteiger partial charge in [-0.2, -0.15) is 21.0 Å². The predicted molar refractivity (Wildman–Crippen MR) is 84.5 cm³/mol. The van der Waals surface area contributed by atoms with Crippen molar-refractivity contribution in [1.29, 1.82) is 21.0 Å².